The van der Waals surface area contributed by atoms with Crippen LogP contribution in [0.2, 0.25) is 0 Å². The smallest absolute Gasteiger partial charge is 0.251 e. The molecule has 15 heavy (non-hydrogen) atoms. The largest absolute Gasteiger partial charge is 0.356 e. The van der Waals surface area contributed by atoms with Crippen LogP contribution in [0.3, 0.4) is 0 Å². The summed E-state index contributed by atoms with van der Waals surface area (Å²) in [5, 5.41) is 2.91. The van der Waals surface area contributed by atoms with Crippen LogP contribution in [0.25, 0.3) is 0 Å². The molecular formula is C12H19N2O+. The summed E-state index contributed by atoms with van der Waals surface area (Å²) in [6.45, 7) is 6.59. The van der Waals surface area contributed by atoms with Gasteiger partial charge in [-0.2, -0.15) is 0 Å². The van der Waals surface area contributed by atoms with Gasteiger partial charge in [-0.05, 0) is 32.4 Å². The molecule has 1 amide bonds. The highest BCUT2D eigenvalue weighted by Crippen LogP contribution is 2.10. The van der Waals surface area contributed by atoms with Crippen molar-refractivity contribution in [3.8, 4) is 0 Å². The molecule has 0 unspecified atom stereocenters. The first-order valence-electron chi connectivity index (χ1n) is 5.22. The van der Waals surface area contributed by atoms with Gasteiger partial charge in [-0.3, -0.25) is 4.79 Å². The number of carbonyl (C=O) groups is 1. The number of amides is 1. The Hall–Kier alpha value is -1.35. The van der Waals surface area contributed by atoms with E-state index in [-0.39, 0.29) is 11.9 Å². The highest BCUT2D eigenvalue weighted by Gasteiger charge is 2.11. The van der Waals surface area contributed by atoms with Gasteiger partial charge in [0.1, 0.15) is 0 Å². The third-order valence-electron chi connectivity index (χ3n) is 2.45. The lowest BCUT2D eigenvalue weighted by atomic mass is 10.0. The lowest BCUT2D eigenvalue weighted by Gasteiger charge is -2.11. The van der Waals surface area contributed by atoms with Crippen LogP contribution < -0.4 is 11.1 Å². The molecule has 0 fully saturated rings. The summed E-state index contributed by atoms with van der Waals surface area (Å²) in [6.07, 6.45) is 0. The third-order valence-corrected chi connectivity index (χ3v) is 2.45. The van der Waals surface area contributed by atoms with Crippen LogP contribution in [0.1, 0.15) is 28.4 Å². The van der Waals surface area contributed by atoms with Crippen molar-refractivity contribution in [2.24, 2.45) is 0 Å². The zero-order valence-corrected chi connectivity index (χ0v) is 9.63. The van der Waals surface area contributed by atoms with Crippen LogP contribution >= 0.6 is 0 Å². The van der Waals surface area contributed by atoms with Gasteiger partial charge < -0.3 is 11.1 Å². The molecule has 1 rings (SSSR count). The van der Waals surface area contributed by atoms with Crippen molar-refractivity contribution < 1.29 is 10.5 Å². The Morgan fingerprint density at radius 1 is 1.47 bits per heavy atom. The molecule has 0 aliphatic carbocycles. The molecule has 3 nitrogen and oxygen atoms in total. The Bertz CT molecular complexity index is 361. The minimum absolute atomic E-state index is 0.00708. The first kappa shape index (κ1) is 11.7. The van der Waals surface area contributed by atoms with E-state index in [1.54, 1.807) is 0 Å². The number of hydrogen-bond acceptors (Lipinski definition) is 1. The zero-order valence-electron chi connectivity index (χ0n) is 9.63. The van der Waals surface area contributed by atoms with E-state index in [4.69, 9.17) is 0 Å². The van der Waals surface area contributed by atoms with E-state index in [1.807, 2.05) is 39.0 Å². The van der Waals surface area contributed by atoms with Crippen molar-refractivity contribution in [3.05, 3.63) is 34.9 Å². The van der Waals surface area contributed by atoms with Crippen LogP contribution in [0, 0.1) is 13.8 Å². The second-order valence-electron chi connectivity index (χ2n) is 3.98. The van der Waals surface area contributed by atoms with Gasteiger partial charge in [0.2, 0.25) is 0 Å². The topological polar surface area (TPSA) is 56.7 Å². The van der Waals surface area contributed by atoms with Gasteiger partial charge in [0.25, 0.3) is 5.91 Å². The van der Waals surface area contributed by atoms with Crippen molar-refractivity contribution in [3.63, 3.8) is 0 Å². The number of quaternary nitrogens is 1. The quantitative estimate of drug-likeness (QED) is 0.751. The van der Waals surface area contributed by atoms with Gasteiger partial charge in [-0.1, -0.05) is 17.7 Å². The first-order valence-corrected chi connectivity index (χ1v) is 5.22. The number of aryl methyl sites for hydroxylation is 2. The maximum Gasteiger partial charge on any atom is 0.251 e. The predicted octanol–water partition coefficient (Wildman–Crippen LogP) is 0.664. The number of nitrogens with one attached hydrogen (secondary N) is 1. The fraction of sp³-hybridized carbons (Fsp3) is 0.417. The molecule has 0 radical (unpaired) electrons. The van der Waals surface area contributed by atoms with E-state index in [2.05, 4.69) is 11.1 Å². The molecule has 0 saturated heterocycles. The van der Waals surface area contributed by atoms with Crippen LogP contribution in [0.4, 0.5) is 0 Å². The molecule has 0 aromatic heterocycles. The van der Waals surface area contributed by atoms with E-state index < -0.39 is 0 Å². The highest BCUT2D eigenvalue weighted by molar-refractivity contribution is 5.95. The third kappa shape index (κ3) is 3.06. The van der Waals surface area contributed by atoms with Gasteiger partial charge in [-0.25, -0.2) is 0 Å². The normalized spacial score (nSPS) is 12.3. The van der Waals surface area contributed by atoms with Gasteiger partial charge in [0.05, 0.1) is 12.6 Å². The van der Waals surface area contributed by atoms with Crippen LogP contribution in [0.5, 0.6) is 0 Å². The number of carbonyl (C=O) groups excluding carboxylic acids is 1. The Balaban J connectivity index is 2.86. The highest BCUT2D eigenvalue weighted by atomic mass is 16.1. The van der Waals surface area contributed by atoms with Gasteiger partial charge in [-0.15, -0.1) is 0 Å². The Labute approximate surface area is 90.7 Å². The van der Waals surface area contributed by atoms with E-state index in [1.165, 1.54) is 0 Å². The zero-order chi connectivity index (χ0) is 11.4. The summed E-state index contributed by atoms with van der Waals surface area (Å²) in [7, 11) is 0. The number of rotatable bonds is 3. The summed E-state index contributed by atoms with van der Waals surface area (Å²) in [6, 6.07) is 6.02. The summed E-state index contributed by atoms with van der Waals surface area (Å²) in [4.78, 5) is 11.8. The molecule has 0 spiro atoms. The molecule has 0 saturated carbocycles. The maximum absolute atomic E-state index is 11.8. The number of benzene rings is 1. The Kier molecular flexibility index (Phi) is 3.86. The fourth-order valence-corrected chi connectivity index (χ4v) is 1.35. The molecular weight excluding hydrogens is 188 g/mol. The lowest BCUT2D eigenvalue weighted by molar-refractivity contribution is -0.371. The minimum atomic E-state index is -0.00708. The molecule has 3 heteroatoms. The van der Waals surface area contributed by atoms with Crippen molar-refractivity contribution in [2.75, 3.05) is 6.54 Å². The Morgan fingerprint density at radius 3 is 2.73 bits per heavy atom. The molecule has 1 aromatic rings. The molecule has 0 aliphatic heterocycles. The summed E-state index contributed by atoms with van der Waals surface area (Å²) in [5.74, 6) is -0.00708. The lowest BCUT2D eigenvalue weighted by Crippen LogP contribution is -2.59. The van der Waals surface area contributed by atoms with Gasteiger partial charge in [0.15, 0.2) is 0 Å². The van der Waals surface area contributed by atoms with Crippen molar-refractivity contribution >= 4 is 5.91 Å². The molecule has 0 heterocycles. The minimum Gasteiger partial charge on any atom is -0.356 e. The van der Waals surface area contributed by atoms with Crippen molar-refractivity contribution in [2.45, 2.75) is 26.8 Å². The summed E-state index contributed by atoms with van der Waals surface area (Å²) < 4.78 is 0. The van der Waals surface area contributed by atoms with E-state index in [0.717, 1.165) is 16.7 Å². The van der Waals surface area contributed by atoms with Crippen LogP contribution in [0.15, 0.2) is 18.2 Å². The molecule has 1 atom stereocenters. The SMILES string of the molecule is Cc1ccc(C)c(C(=O)N[C@H](C)C[NH3+])c1. The monoisotopic (exact) mass is 207 g/mol. The van der Waals surface area contributed by atoms with Crippen LogP contribution in [-0.2, 0) is 0 Å². The van der Waals surface area contributed by atoms with Gasteiger partial charge in [0, 0.05) is 5.56 Å². The Morgan fingerprint density at radius 2 is 2.13 bits per heavy atom. The van der Waals surface area contributed by atoms with Crippen LogP contribution in [-0.4, -0.2) is 18.5 Å². The van der Waals surface area contributed by atoms with E-state index >= 15 is 0 Å². The maximum atomic E-state index is 11.8. The average molecular weight is 207 g/mol. The van der Waals surface area contributed by atoms with Crippen molar-refractivity contribution in [1.82, 2.24) is 5.32 Å². The second-order valence-corrected chi connectivity index (χ2v) is 3.98. The molecule has 0 bridgehead atoms. The average Bonchev–Trinajstić information content (AvgIpc) is 2.21. The summed E-state index contributed by atoms with van der Waals surface area (Å²) >= 11 is 0. The predicted molar refractivity (Wildman–Crippen MR) is 60.6 cm³/mol. The second kappa shape index (κ2) is 4.94. The molecule has 1 aromatic carbocycles. The summed E-state index contributed by atoms with van der Waals surface area (Å²) in [5.41, 5.74) is 6.63. The first-order chi connectivity index (χ1) is 7.04. The fourth-order valence-electron chi connectivity index (χ4n) is 1.35. The molecule has 4 N–H and O–H groups in total. The number of hydrogen-bond donors (Lipinski definition) is 2. The van der Waals surface area contributed by atoms with E-state index in [9.17, 15) is 4.79 Å². The molecule has 0 aliphatic rings. The van der Waals surface area contributed by atoms with Gasteiger partial charge >= 0.3 is 0 Å². The van der Waals surface area contributed by atoms with E-state index in [0.29, 0.717) is 6.54 Å². The van der Waals surface area contributed by atoms with Crippen molar-refractivity contribution in [1.29, 1.82) is 0 Å². The standard InChI is InChI=1S/C12H18N2O/c1-8-4-5-9(2)11(6-8)12(15)14-10(3)7-13/h4-6,10H,7,13H2,1-3H3,(H,14,15)/p+1/t10-/m1/s1. The molecule has 82 valence electrons.